The molecule has 6 nitrogen and oxygen atoms in total. The first-order valence-corrected chi connectivity index (χ1v) is 23.3. The summed E-state index contributed by atoms with van der Waals surface area (Å²) in [5.74, 6) is -0.465. The molecule has 0 rings (SSSR count). The molecular formula is C46H91NO5. The molecule has 52 heavy (non-hydrogen) atoms. The topological polar surface area (TPSA) is 95.9 Å². The molecule has 0 aliphatic rings. The van der Waals surface area contributed by atoms with Crippen molar-refractivity contribution < 1.29 is 24.5 Å². The Balaban J connectivity index is 4.33. The predicted molar refractivity (Wildman–Crippen MR) is 223 cm³/mol. The van der Waals surface area contributed by atoms with Gasteiger partial charge in [0.1, 0.15) is 6.10 Å². The maximum Gasteiger partial charge on any atom is 0.306 e. The third-order valence-corrected chi connectivity index (χ3v) is 10.9. The molecule has 0 aliphatic heterocycles. The molecule has 3 atom stereocenters. The van der Waals surface area contributed by atoms with Gasteiger partial charge in [-0.1, -0.05) is 220 Å². The molecule has 0 aromatic heterocycles. The lowest BCUT2D eigenvalue weighted by Gasteiger charge is -2.24. The summed E-state index contributed by atoms with van der Waals surface area (Å²) in [6.45, 7) is 6.45. The zero-order valence-corrected chi connectivity index (χ0v) is 35.2. The van der Waals surface area contributed by atoms with Gasteiger partial charge < -0.3 is 20.3 Å². The Labute approximate surface area is 324 Å². The summed E-state index contributed by atoms with van der Waals surface area (Å²) >= 11 is 0. The van der Waals surface area contributed by atoms with Crippen LogP contribution in [0.4, 0.5) is 0 Å². The molecule has 0 spiro atoms. The summed E-state index contributed by atoms with van der Waals surface area (Å²) in [6.07, 6.45) is 41.7. The van der Waals surface area contributed by atoms with Crippen molar-refractivity contribution in [1.29, 1.82) is 0 Å². The van der Waals surface area contributed by atoms with Gasteiger partial charge in [0.25, 0.3) is 0 Å². The van der Waals surface area contributed by atoms with Crippen molar-refractivity contribution in [2.75, 3.05) is 6.61 Å². The SMILES string of the molecule is CCCCCCCCCCCCCCCCCCC(O)C(CO)NC(=O)CC(CCCCCCCCC)OC(=O)CCCCCCCCCCCC. The minimum absolute atomic E-state index is 0.0852. The Hall–Kier alpha value is -1.14. The van der Waals surface area contributed by atoms with Crippen molar-refractivity contribution in [3.8, 4) is 0 Å². The Morgan fingerprint density at radius 2 is 0.808 bits per heavy atom. The molecule has 0 bridgehead atoms. The standard InChI is InChI=1S/C46H91NO5/c1-4-7-10-13-16-18-20-21-22-23-24-25-26-29-32-35-38-44(49)43(41-48)47-45(50)40-42(37-34-31-28-15-12-9-6-3)52-46(51)39-36-33-30-27-19-17-14-11-8-5-2/h42-44,48-49H,4-41H2,1-3H3,(H,47,50). The van der Waals surface area contributed by atoms with Crippen LogP contribution in [-0.4, -0.2) is 46.9 Å². The van der Waals surface area contributed by atoms with E-state index in [2.05, 4.69) is 26.1 Å². The zero-order chi connectivity index (χ0) is 38.2. The average Bonchev–Trinajstić information content (AvgIpc) is 3.13. The van der Waals surface area contributed by atoms with Crippen LogP contribution >= 0.6 is 0 Å². The molecule has 0 saturated heterocycles. The Bertz CT molecular complexity index is 746. The predicted octanol–water partition coefficient (Wildman–Crippen LogP) is 13.2. The molecule has 0 aliphatic carbocycles. The molecule has 0 heterocycles. The molecule has 3 N–H and O–H groups in total. The molecule has 3 unspecified atom stereocenters. The first-order chi connectivity index (χ1) is 25.5. The minimum atomic E-state index is -0.777. The molecule has 0 aromatic carbocycles. The molecule has 1 amide bonds. The van der Waals surface area contributed by atoms with Crippen LogP contribution in [0, 0.1) is 0 Å². The lowest BCUT2D eigenvalue weighted by molar-refractivity contribution is -0.151. The fraction of sp³-hybridized carbons (Fsp3) is 0.957. The van der Waals surface area contributed by atoms with Gasteiger partial charge in [-0.25, -0.2) is 0 Å². The van der Waals surface area contributed by atoms with Gasteiger partial charge in [-0.05, 0) is 25.7 Å². The van der Waals surface area contributed by atoms with Gasteiger partial charge in [-0.2, -0.15) is 0 Å². The first kappa shape index (κ1) is 50.9. The van der Waals surface area contributed by atoms with Crippen molar-refractivity contribution in [3.63, 3.8) is 0 Å². The van der Waals surface area contributed by atoms with Crippen LogP contribution in [0.1, 0.15) is 258 Å². The maximum atomic E-state index is 13.1. The van der Waals surface area contributed by atoms with Crippen LogP contribution in [-0.2, 0) is 14.3 Å². The summed E-state index contributed by atoms with van der Waals surface area (Å²) in [5, 5.41) is 23.6. The smallest absolute Gasteiger partial charge is 0.306 e. The fourth-order valence-corrected chi connectivity index (χ4v) is 7.37. The molecular weight excluding hydrogens is 647 g/mol. The van der Waals surface area contributed by atoms with E-state index >= 15 is 0 Å². The van der Waals surface area contributed by atoms with E-state index in [0.717, 1.165) is 44.9 Å². The lowest BCUT2D eigenvalue weighted by Crippen LogP contribution is -2.46. The number of esters is 1. The van der Waals surface area contributed by atoms with E-state index in [0.29, 0.717) is 19.3 Å². The van der Waals surface area contributed by atoms with Gasteiger partial charge in [0.05, 0.1) is 25.2 Å². The Morgan fingerprint density at radius 3 is 1.17 bits per heavy atom. The van der Waals surface area contributed by atoms with Crippen LogP contribution in [0.15, 0.2) is 0 Å². The molecule has 310 valence electrons. The van der Waals surface area contributed by atoms with Crippen LogP contribution < -0.4 is 5.32 Å². The second-order valence-corrected chi connectivity index (χ2v) is 16.2. The Kier molecular flexibility index (Phi) is 40.1. The van der Waals surface area contributed by atoms with Crippen LogP contribution in [0.25, 0.3) is 0 Å². The number of nitrogens with one attached hydrogen (secondary N) is 1. The number of amides is 1. The summed E-state index contributed by atoms with van der Waals surface area (Å²) in [7, 11) is 0. The largest absolute Gasteiger partial charge is 0.462 e. The zero-order valence-electron chi connectivity index (χ0n) is 35.2. The van der Waals surface area contributed by atoms with E-state index < -0.39 is 18.2 Å². The van der Waals surface area contributed by atoms with Crippen molar-refractivity contribution in [2.24, 2.45) is 0 Å². The highest BCUT2D eigenvalue weighted by molar-refractivity contribution is 5.77. The second-order valence-electron chi connectivity index (χ2n) is 16.2. The van der Waals surface area contributed by atoms with Gasteiger partial charge in [0.2, 0.25) is 5.91 Å². The van der Waals surface area contributed by atoms with Crippen LogP contribution in [0.2, 0.25) is 0 Å². The monoisotopic (exact) mass is 738 g/mol. The highest BCUT2D eigenvalue weighted by Gasteiger charge is 2.24. The Morgan fingerprint density at radius 1 is 0.481 bits per heavy atom. The molecule has 0 aromatic rings. The van der Waals surface area contributed by atoms with E-state index in [1.807, 2.05) is 0 Å². The summed E-state index contributed by atoms with van der Waals surface area (Å²) < 4.78 is 5.86. The molecule has 0 saturated carbocycles. The van der Waals surface area contributed by atoms with Gasteiger partial charge in [0, 0.05) is 6.42 Å². The number of hydrogen-bond donors (Lipinski definition) is 3. The molecule has 6 heteroatoms. The second kappa shape index (κ2) is 41.0. The van der Waals surface area contributed by atoms with Crippen molar-refractivity contribution in [1.82, 2.24) is 5.32 Å². The number of unbranched alkanes of at least 4 members (excludes halogenated alkanes) is 30. The van der Waals surface area contributed by atoms with Crippen molar-refractivity contribution in [2.45, 2.75) is 277 Å². The van der Waals surface area contributed by atoms with Gasteiger partial charge in [0.15, 0.2) is 0 Å². The molecule has 0 fully saturated rings. The normalized spacial score (nSPS) is 13.2. The van der Waals surface area contributed by atoms with Gasteiger partial charge in [-0.15, -0.1) is 0 Å². The number of aliphatic hydroxyl groups is 2. The van der Waals surface area contributed by atoms with Crippen LogP contribution in [0.5, 0.6) is 0 Å². The third kappa shape index (κ3) is 35.9. The van der Waals surface area contributed by atoms with Gasteiger partial charge in [-0.3, -0.25) is 9.59 Å². The summed E-state index contributed by atoms with van der Waals surface area (Å²) in [6, 6.07) is -0.689. The summed E-state index contributed by atoms with van der Waals surface area (Å²) in [5.41, 5.74) is 0. The van der Waals surface area contributed by atoms with Crippen LogP contribution in [0.3, 0.4) is 0 Å². The number of carbonyl (C=O) groups excluding carboxylic acids is 2. The van der Waals surface area contributed by atoms with Crippen molar-refractivity contribution in [3.05, 3.63) is 0 Å². The quantitative estimate of drug-likeness (QED) is 0.0428. The maximum absolute atomic E-state index is 13.1. The number of hydrogen-bond acceptors (Lipinski definition) is 5. The average molecular weight is 738 g/mol. The number of aliphatic hydroxyl groups excluding tert-OH is 2. The fourth-order valence-electron chi connectivity index (χ4n) is 7.37. The third-order valence-electron chi connectivity index (χ3n) is 10.9. The number of carbonyl (C=O) groups is 2. The minimum Gasteiger partial charge on any atom is -0.462 e. The van der Waals surface area contributed by atoms with E-state index in [-0.39, 0.29) is 24.9 Å². The highest BCUT2D eigenvalue weighted by Crippen LogP contribution is 2.18. The summed E-state index contributed by atoms with van der Waals surface area (Å²) in [4.78, 5) is 25.8. The van der Waals surface area contributed by atoms with E-state index in [9.17, 15) is 19.8 Å². The van der Waals surface area contributed by atoms with E-state index in [4.69, 9.17) is 4.74 Å². The lowest BCUT2D eigenvalue weighted by atomic mass is 10.0. The van der Waals surface area contributed by atoms with Crippen molar-refractivity contribution >= 4 is 11.9 Å². The highest BCUT2D eigenvalue weighted by atomic mass is 16.5. The van der Waals surface area contributed by atoms with E-state index in [1.165, 1.54) is 167 Å². The van der Waals surface area contributed by atoms with Gasteiger partial charge >= 0.3 is 5.97 Å². The van der Waals surface area contributed by atoms with E-state index in [1.54, 1.807) is 0 Å². The first-order valence-electron chi connectivity index (χ1n) is 23.3. The number of ether oxygens (including phenoxy) is 1. The number of rotatable bonds is 42. The molecule has 0 radical (unpaired) electrons.